The lowest BCUT2D eigenvalue weighted by atomic mass is 9.50. The quantitative estimate of drug-likeness (QED) is 0.0392. The molecule has 2 aromatic carbocycles. The first-order valence-electron chi connectivity index (χ1n) is 32.0. The highest BCUT2D eigenvalue weighted by Crippen LogP contribution is 2.68. The van der Waals surface area contributed by atoms with Gasteiger partial charge in [0, 0.05) is 56.5 Å². The van der Waals surface area contributed by atoms with E-state index in [0.29, 0.717) is 105 Å². The molecule has 83 heavy (non-hydrogen) atoms. The Morgan fingerprint density at radius 2 is 1.18 bits per heavy atom. The number of piperidine rings is 2. The van der Waals surface area contributed by atoms with E-state index >= 15 is 0 Å². The van der Waals surface area contributed by atoms with Crippen LogP contribution < -0.4 is 18.9 Å². The highest BCUT2D eigenvalue weighted by atomic mass is 16.6. The highest BCUT2D eigenvalue weighted by molar-refractivity contribution is 5.75. The Bertz CT molecular complexity index is 2660. The number of nitrogens with zero attached hydrogens (tertiary/aromatic N) is 2. The number of aliphatic hydroxyl groups is 1. The molecule has 458 valence electrons. The molecule has 10 rings (SSSR count). The molecule has 0 aromatic heterocycles. The number of rotatable bonds is 35. The van der Waals surface area contributed by atoms with Gasteiger partial charge in [0.15, 0.2) is 35.2 Å². The molecule has 1 N–H and O–H groups in total. The van der Waals surface area contributed by atoms with Crippen molar-refractivity contribution in [2.75, 3.05) is 81.0 Å². The Morgan fingerprint density at radius 3 is 1.83 bits per heavy atom. The van der Waals surface area contributed by atoms with Crippen molar-refractivity contribution < 1.29 is 66.9 Å². The third-order valence-electron chi connectivity index (χ3n) is 20.3. The van der Waals surface area contributed by atoms with Crippen LogP contribution >= 0.6 is 0 Å². The summed E-state index contributed by atoms with van der Waals surface area (Å²) < 4.78 is 60.6. The van der Waals surface area contributed by atoms with Gasteiger partial charge in [-0.15, -0.1) is 0 Å². The maximum absolute atomic E-state index is 14.0. The van der Waals surface area contributed by atoms with E-state index < -0.39 is 40.2 Å². The molecule has 0 amide bonds. The van der Waals surface area contributed by atoms with Crippen molar-refractivity contribution in [3.8, 4) is 23.0 Å². The summed E-state index contributed by atoms with van der Waals surface area (Å²) in [5.74, 6) is 3.06. The van der Waals surface area contributed by atoms with Crippen LogP contribution in [0, 0.1) is 5.92 Å². The molecule has 16 nitrogen and oxygen atoms in total. The van der Waals surface area contributed by atoms with Crippen molar-refractivity contribution >= 4 is 17.9 Å². The van der Waals surface area contributed by atoms with Gasteiger partial charge in [0.2, 0.25) is 0 Å². The fourth-order valence-corrected chi connectivity index (χ4v) is 16.3. The van der Waals surface area contributed by atoms with Gasteiger partial charge >= 0.3 is 17.9 Å². The van der Waals surface area contributed by atoms with E-state index in [2.05, 4.69) is 42.8 Å². The minimum absolute atomic E-state index is 0.0456. The third kappa shape index (κ3) is 11.8. The summed E-state index contributed by atoms with van der Waals surface area (Å²) in [6, 6.07) is 8.02. The minimum Gasteiger partial charge on any atom is -0.493 e. The van der Waals surface area contributed by atoms with Crippen LogP contribution in [-0.2, 0) is 66.5 Å². The number of esters is 3. The zero-order valence-corrected chi connectivity index (χ0v) is 50.8. The van der Waals surface area contributed by atoms with Crippen molar-refractivity contribution in [3.05, 3.63) is 70.2 Å². The number of carbonyl (C=O) groups is 3. The lowest BCUT2D eigenvalue weighted by Gasteiger charge is -2.62. The Labute approximate surface area is 493 Å². The molecule has 0 radical (unpaired) electrons. The van der Waals surface area contributed by atoms with Gasteiger partial charge in [0.05, 0.1) is 63.1 Å². The molecule has 2 saturated heterocycles. The van der Waals surface area contributed by atoms with Gasteiger partial charge in [-0.05, 0) is 106 Å². The summed E-state index contributed by atoms with van der Waals surface area (Å²) in [4.78, 5) is 45.8. The predicted octanol–water partition coefficient (Wildman–Crippen LogP) is 10.7. The van der Waals surface area contributed by atoms with E-state index in [1.54, 1.807) is 21.3 Å². The molecule has 2 spiro atoms. The number of hydrogen-bond acceptors (Lipinski definition) is 16. The molecular weight excluding hydrogens is 1060 g/mol. The van der Waals surface area contributed by atoms with Gasteiger partial charge in [-0.25, -0.2) is 4.79 Å². The first kappa shape index (κ1) is 61.4. The van der Waals surface area contributed by atoms with Crippen LogP contribution in [0.1, 0.15) is 184 Å². The largest absolute Gasteiger partial charge is 0.493 e. The van der Waals surface area contributed by atoms with E-state index in [1.807, 2.05) is 24.3 Å². The van der Waals surface area contributed by atoms with Crippen LogP contribution in [0.3, 0.4) is 0 Å². The molecule has 4 aliphatic carbocycles. The molecule has 1 unspecified atom stereocenters. The molecule has 4 bridgehead atoms. The number of benzene rings is 2. The van der Waals surface area contributed by atoms with E-state index in [1.165, 1.54) is 44.1 Å². The van der Waals surface area contributed by atoms with Gasteiger partial charge < -0.3 is 52.5 Å². The van der Waals surface area contributed by atoms with Crippen molar-refractivity contribution in [1.29, 1.82) is 0 Å². The number of likely N-dealkylation sites (tertiary alicyclic amines) is 2. The summed E-state index contributed by atoms with van der Waals surface area (Å²) in [5, 5.41) is 13.1. The van der Waals surface area contributed by atoms with Crippen LogP contribution in [0.2, 0.25) is 0 Å². The van der Waals surface area contributed by atoms with Crippen LogP contribution in [0.5, 0.6) is 23.0 Å². The number of unbranched alkanes of at least 4 members (excludes halogenated alkanes) is 14. The summed E-state index contributed by atoms with van der Waals surface area (Å²) in [5.41, 5.74) is 0.913. The first-order valence-corrected chi connectivity index (χ1v) is 32.0. The number of likely N-dealkylation sites (N-methyl/N-ethyl adjacent to an activating group) is 1. The standard InChI is InChI=1S/C67H96N2O14/c1-7-8-9-10-11-12-15-19-22-25-56(71)83-67-33-31-52(63-65(67)34-36-68(3)54(67)43-48-27-29-50(76-6)61(82-63)59(48)65)79-55(70)24-21-18-16-13-14-17-20-23-46(2)44-69-37-35-64-58-47-26-28-49(75-5)60(58)81-62(64)51(30-32-66(64,73)53(69)42-47)80-57(72)45-78-41-40-77-39-38-74-4/h26-31,46,53-54,62-63,73H,7-25,32-45H2,1-6H3/t46?,53-,54-,62+,63+,64+,65+,66-,67-/m1/s1. The Morgan fingerprint density at radius 1 is 0.639 bits per heavy atom. The second-order valence-corrected chi connectivity index (χ2v) is 25.3. The van der Waals surface area contributed by atoms with Crippen molar-refractivity contribution in [1.82, 2.24) is 9.80 Å². The number of methoxy groups -OCH3 is 3. The maximum atomic E-state index is 14.0. The summed E-state index contributed by atoms with van der Waals surface area (Å²) in [6.07, 6.45) is 26.0. The molecule has 4 aliphatic heterocycles. The van der Waals surface area contributed by atoms with Crippen LogP contribution in [-0.4, -0.2) is 149 Å². The van der Waals surface area contributed by atoms with Gasteiger partial charge in [0.1, 0.15) is 23.7 Å². The van der Waals surface area contributed by atoms with Gasteiger partial charge in [-0.1, -0.05) is 116 Å². The monoisotopic (exact) mass is 1150 g/mol. The molecule has 0 saturated carbocycles. The topological polar surface area (TPSA) is 170 Å². The van der Waals surface area contributed by atoms with E-state index in [4.69, 9.17) is 47.4 Å². The molecule has 9 atom stereocenters. The lowest BCUT2D eigenvalue weighted by molar-refractivity contribution is -0.206. The minimum atomic E-state index is -1.13. The Hall–Kier alpha value is -4.71. The van der Waals surface area contributed by atoms with Gasteiger partial charge in [-0.3, -0.25) is 19.4 Å². The maximum Gasteiger partial charge on any atom is 0.337 e. The SMILES string of the molecule is CCCCCCCCCCCC(=O)O[C@@]12CC=C(OC(=O)CCCCCCCCCC(C)CN3CC[C@]45c6c7ccc(OC)c6O[C@H]4C(OC(=O)COCCOCCOC)=CC[C@@]5(O)[C@H]3C7)[C@@H]3Oc4c(OC)ccc5c4[C@@]31CCN(C)[C@@H]2C5. The fourth-order valence-electron chi connectivity index (χ4n) is 16.3. The van der Waals surface area contributed by atoms with Crippen molar-refractivity contribution in [3.63, 3.8) is 0 Å². The normalized spacial score (nSPS) is 28.0. The smallest absolute Gasteiger partial charge is 0.337 e. The first-order chi connectivity index (χ1) is 40.4. The van der Waals surface area contributed by atoms with Crippen LogP contribution in [0.25, 0.3) is 0 Å². The number of ether oxygens (including phenoxy) is 10. The van der Waals surface area contributed by atoms with Gasteiger partial charge in [0.25, 0.3) is 0 Å². The number of hydrogen-bond donors (Lipinski definition) is 1. The van der Waals surface area contributed by atoms with Crippen molar-refractivity contribution in [2.45, 2.75) is 221 Å². The zero-order chi connectivity index (χ0) is 58.2. The predicted molar refractivity (Wildman–Crippen MR) is 314 cm³/mol. The molecule has 2 aromatic rings. The highest BCUT2D eigenvalue weighted by Gasteiger charge is 2.75. The summed E-state index contributed by atoms with van der Waals surface area (Å²) >= 11 is 0. The number of carbonyl (C=O) groups excluding carboxylic acids is 3. The summed E-state index contributed by atoms with van der Waals surface area (Å²) in [6.45, 7) is 8.38. The second kappa shape index (κ2) is 27.3. The van der Waals surface area contributed by atoms with Crippen LogP contribution in [0.4, 0.5) is 0 Å². The summed E-state index contributed by atoms with van der Waals surface area (Å²) in [7, 11) is 7.05. The fraction of sp³-hybridized carbons (Fsp3) is 0.716. The molecular formula is C67H96N2O14. The van der Waals surface area contributed by atoms with Crippen LogP contribution in [0.15, 0.2) is 47.9 Å². The van der Waals surface area contributed by atoms with E-state index in [-0.39, 0.29) is 37.2 Å². The average molecular weight is 1150 g/mol. The molecule has 2 fully saturated rings. The molecule has 4 heterocycles. The average Bonchev–Trinajstić information content (AvgIpc) is 1.66. The van der Waals surface area contributed by atoms with E-state index in [0.717, 1.165) is 113 Å². The second-order valence-electron chi connectivity index (χ2n) is 25.3. The third-order valence-corrected chi connectivity index (χ3v) is 20.3. The van der Waals surface area contributed by atoms with E-state index in [9.17, 15) is 19.5 Å². The Kier molecular flexibility index (Phi) is 20.2. The molecule has 16 heteroatoms. The Balaban J connectivity index is 0.676. The van der Waals surface area contributed by atoms with Crippen molar-refractivity contribution in [2.24, 2.45) is 5.92 Å². The van der Waals surface area contributed by atoms with Gasteiger partial charge in [-0.2, -0.15) is 0 Å². The zero-order valence-electron chi connectivity index (χ0n) is 50.8. The lowest BCUT2D eigenvalue weighted by Crippen LogP contribution is -2.75. The molecule has 8 aliphatic rings.